The minimum atomic E-state index is -0.796. The molecule has 2 N–H and O–H groups in total. The summed E-state index contributed by atoms with van der Waals surface area (Å²) in [7, 11) is 0. The standard InChI is InChI=1S/C18H22ClNO4/c19-13-6-7-14-15(5-2-8-24-16(14)10-13)20-17(21)11-3-1-4-12(9-11)18(22)23/h6-7,10-12,15H,1-5,8-9H2,(H,20,21)(H,22,23). The van der Waals surface area contributed by atoms with Gasteiger partial charge < -0.3 is 15.2 Å². The second-order valence-corrected chi connectivity index (χ2v) is 7.07. The van der Waals surface area contributed by atoms with Gasteiger partial charge in [-0.2, -0.15) is 0 Å². The van der Waals surface area contributed by atoms with Gasteiger partial charge in [0.15, 0.2) is 0 Å². The number of carboxylic acids is 1. The second kappa shape index (κ2) is 7.43. The van der Waals surface area contributed by atoms with Crippen molar-refractivity contribution in [2.75, 3.05) is 6.61 Å². The van der Waals surface area contributed by atoms with E-state index in [0.717, 1.165) is 37.0 Å². The fraction of sp³-hybridized carbons (Fsp3) is 0.556. The Hall–Kier alpha value is -1.75. The van der Waals surface area contributed by atoms with Gasteiger partial charge in [-0.15, -0.1) is 0 Å². The number of amides is 1. The first kappa shape index (κ1) is 17.1. The zero-order valence-corrected chi connectivity index (χ0v) is 14.2. The number of ether oxygens (including phenoxy) is 1. The minimum Gasteiger partial charge on any atom is -0.493 e. The molecule has 3 rings (SSSR count). The zero-order chi connectivity index (χ0) is 17.1. The van der Waals surface area contributed by atoms with Gasteiger partial charge in [-0.25, -0.2) is 0 Å². The summed E-state index contributed by atoms with van der Waals surface area (Å²) in [5.41, 5.74) is 0.941. The van der Waals surface area contributed by atoms with Crippen LogP contribution in [0.5, 0.6) is 5.75 Å². The maximum Gasteiger partial charge on any atom is 0.306 e. The number of carbonyl (C=O) groups is 2. The Kier molecular flexibility index (Phi) is 5.29. The lowest BCUT2D eigenvalue weighted by Gasteiger charge is -2.28. The zero-order valence-electron chi connectivity index (χ0n) is 13.5. The van der Waals surface area contributed by atoms with Crippen molar-refractivity contribution in [1.82, 2.24) is 5.32 Å². The van der Waals surface area contributed by atoms with Gasteiger partial charge in [0, 0.05) is 16.5 Å². The van der Waals surface area contributed by atoms with Gasteiger partial charge in [-0.05, 0) is 44.2 Å². The van der Waals surface area contributed by atoms with Gasteiger partial charge in [0.2, 0.25) is 5.91 Å². The molecule has 0 spiro atoms. The third-order valence-electron chi connectivity index (χ3n) is 4.96. The van der Waals surface area contributed by atoms with Crippen molar-refractivity contribution >= 4 is 23.5 Å². The Bertz CT molecular complexity index is 633. The van der Waals surface area contributed by atoms with Crippen LogP contribution in [-0.2, 0) is 9.59 Å². The molecule has 1 amide bonds. The summed E-state index contributed by atoms with van der Waals surface area (Å²) in [6.45, 7) is 0.601. The highest BCUT2D eigenvalue weighted by Crippen LogP contribution is 2.35. The van der Waals surface area contributed by atoms with E-state index in [-0.39, 0.29) is 17.9 Å². The van der Waals surface area contributed by atoms with Crippen LogP contribution < -0.4 is 10.1 Å². The summed E-state index contributed by atoms with van der Waals surface area (Å²) >= 11 is 6.03. The Morgan fingerprint density at radius 2 is 1.96 bits per heavy atom. The van der Waals surface area contributed by atoms with Crippen molar-refractivity contribution in [3.05, 3.63) is 28.8 Å². The van der Waals surface area contributed by atoms with E-state index in [9.17, 15) is 14.7 Å². The van der Waals surface area contributed by atoms with Crippen molar-refractivity contribution in [2.45, 2.75) is 44.6 Å². The number of aliphatic carboxylic acids is 1. The van der Waals surface area contributed by atoms with Crippen molar-refractivity contribution in [1.29, 1.82) is 0 Å². The second-order valence-electron chi connectivity index (χ2n) is 6.63. The first-order chi connectivity index (χ1) is 11.5. The predicted octanol–water partition coefficient (Wildman–Crippen LogP) is 3.56. The van der Waals surface area contributed by atoms with Crippen molar-refractivity contribution in [3.8, 4) is 5.75 Å². The lowest BCUT2D eigenvalue weighted by molar-refractivity contribution is -0.144. The highest BCUT2D eigenvalue weighted by molar-refractivity contribution is 6.30. The van der Waals surface area contributed by atoms with E-state index in [4.69, 9.17) is 16.3 Å². The molecular weight excluding hydrogens is 330 g/mol. The average Bonchev–Trinajstić information content (AvgIpc) is 2.76. The number of nitrogens with one attached hydrogen (secondary N) is 1. The van der Waals surface area contributed by atoms with Crippen molar-refractivity contribution in [2.24, 2.45) is 11.8 Å². The van der Waals surface area contributed by atoms with Crippen LogP contribution in [0.1, 0.15) is 50.1 Å². The molecule has 24 heavy (non-hydrogen) atoms. The van der Waals surface area contributed by atoms with Gasteiger partial charge in [0.25, 0.3) is 0 Å². The van der Waals surface area contributed by atoms with Crippen LogP contribution in [0.4, 0.5) is 0 Å². The number of carbonyl (C=O) groups excluding carboxylic acids is 1. The van der Waals surface area contributed by atoms with Crippen molar-refractivity contribution < 1.29 is 19.4 Å². The maximum absolute atomic E-state index is 12.7. The van der Waals surface area contributed by atoms with Crippen LogP contribution in [-0.4, -0.2) is 23.6 Å². The summed E-state index contributed by atoms with van der Waals surface area (Å²) in [5.74, 6) is -0.751. The van der Waals surface area contributed by atoms with E-state index in [1.807, 2.05) is 6.07 Å². The van der Waals surface area contributed by atoms with Crippen LogP contribution in [0.15, 0.2) is 18.2 Å². The van der Waals surface area contributed by atoms with Gasteiger partial charge >= 0.3 is 5.97 Å². The van der Waals surface area contributed by atoms with E-state index in [2.05, 4.69) is 5.32 Å². The Balaban J connectivity index is 1.71. The first-order valence-corrected chi connectivity index (χ1v) is 8.88. The molecule has 1 aromatic rings. The van der Waals surface area contributed by atoms with Crippen LogP contribution >= 0.6 is 11.6 Å². The average molecular weight is 352 g/mol. The predicted molar refractivity (Wildman–Crippen MR) is 90.1 cm³/mol. The molecule has 1 aliphatic heterocycles. The molecule has 0 aromatic heterocycles. The summed E-state index contributed by atoms with van der Waals surface area (Å²) in [4.78, 5) is 23.8. The molecular formula is C18H22ClNO4. The maximum atomic E-state index is 12.7. The van der Waals surface area contributed by atoms with Crippen LogP contribution in [0.2, 0.25) is 5.02 Å². The molecule has 1 fully saturated rings. The van der Waals surface area contributed by atoms with E-state index < -0.39 is 11.9 Å². The summed E-state index contributed by atoms with van der Waals surface area (Å²) in [6.07, 6.45) is 4.28. The number of halogens is 1. The fourth-order valence-corrected chi connectivity index (χ4v) is 3.80. The number of fused-ring (bicyclic) bond motifs is 1. The molecule has 130 valence electrons. The number of rotatable bonds is 3. The topological polar surface area (TPSA) is 75.6 Å². The van der Waals surface area contributed by atoms with E-state index >= 15 is 0 Å². The third-order valence-corrected chi connectivity index (χ3v) is 5.19. The Morgan fingerprint density at radius 3 is 2.75 bits per heavy atom. The van der Waals surface area contributed by atoms with Gasteiger partial charge in [-0.1, -0.05) is 24.1 Å². The smallest absolute Gasteiger partial charge is 0.306 e. The molecule has 6 heteroatoms. The lowest BCUT2D eigenvalue weighted by atomic mass is 9.81. The summed E-state index contributed by atoms with van der Waals surface area (Å²) in [6, 6.07) is 5.37. The van der Waals surface area contributed by atoms with Crippen LogP contribution in [0.25, 0.3) is 0 Å². The molecule has 5 nitrogen and oxygen atoms in total. The number of hydrogen-bond donors (Lipinski definition) is 2. The van der Waals surface area contributed by atoms with Gasteiger partial charge in [-0.3, -0.25) is 9.59 Å². The molecule has 0 bridgehead atoms. The number of hydrogen-bond acceptors (Lipinski definition) is 3. The van der Waals surface area contributed by atoms with E-state index in [1.165, 1.54) is 0 Å². The summed E-state index contributed by atoms with van der Waals surface area (Å²) < 4.78 is 5.72. The van der Waals surface area contributed by atoms with Crippen LogP contribution in [0, 0.1) is 11.8 Å². The first-order valence-electron chi connectivity index (χ1n) is 8.50. The van der Waals surface area contributed by atoms with Gasteiger partial charge in [0.05, 0.1) is 18.6 Å². The van der Waals surface area contributed by atoms with Crippen LogP contribution in [0.3, 0.4) is 0 Å². The molecule has 3 atom stereocenters. The van der Waals surface area contributed by atoms with E-state index in [1.54, 1.807) is 12.1 Å². The monoisotopic (exact) mass is 351 g/mol. The highest BCUT2D eigenvalue weighted by atomic mass is 35.5. The number of carboxylic acid groups (broad SMARTS) is 1. The third kappa shape index (κ3) is 3.83. The molecule has 0 saturated heterocycles. The molecule has 2 aliphatic rings. The molecule has 1 aliphatic carbocycles. The minimum absolute atomic E-state index is 0.0475. The molecule has 1 aromatic carbocycles. The quantitative estimate of drug-likeness (QED) is 0.873. The Morgan fingerprint density at radius 1 is 1.17 bits per heavy atom. The normalized spacial score (nSPS) is 26.6. The van der Waals surface area contributed by atoms with E-state index in [0.29, 0.717) is 24.5 Å². The lowest BCUT2D eigenvalue weighted by Crippen LogP contribution is -2.37. The highest BCUT2D eigenvalue weighted by Gasteiger charge is 2.32. The Labute approximate surface area is 146 Å². The molecule has 0 radical (unpaired) electrons. The SMILES string of the molecule is O=C(O)C1CCCC(C(=O)NC2CCCOc3cc(Cl)ccc32)C1. The molecule has 1 saturated carbocycles. The molecule has 1 heterocycles. The number of benzene rings is 1. The van der Waals surface area contributed by atoms with Gasteiger partial charge in [0.1, 0.15) is 5.75 Å². The fourth-order valence-electron chi connectivity index (χ4n) is 3.64. The largest absolute Gasteiger partial charge is 0.493 e. The molecule has 3 unspecified atom stereocenters. The summed E-state index contributed by atoms with van der Waals surface area (Å²) in [5, 5.41) is 12.9. The van der Waals surface area contributed by atoms with Crippen molar-refractivity contribution in [3.63, 3.8) is 0 Å².